The van der Waals surface area contributed by atoms with E-state index in [2.05, 4.69) is 20.0 Å². The van der Waals surface area contributed by atoms with Crippen molar-refractivity contribution in [1.82, 2.24) is 9.97 Å². The number of halogens is 3. The van der Waals surface area contributed by atoms with Crippen LogP contribution in [-0.4, -0.2) is 27.3 Å². The van der Waals surface area contributed by atoms with Crippen LogP contribution in [0.2, 0.25) is 0 Å². The summed E-state index contributed by atoms with van der Waals surface area (Å²) in [5.41, 5.74) is 11.8. The summed E-state index contributed by atoms with van der Waals surface area (Å²) in [5.74, 6) is -0.491. The molecule has 1 heterocycles. The van der Waals surface area contributed by atoms with Gasteiger partial charge in [0.2, 0.25) is 11.8 Å². The van der Waals surface area contributed by atoms with Crippen molar-refractivity contribution in [2.45, 2.75) is 51.1 Å². The number of nitrogen functional groups attached to an aromatic ring is 1. The van der Waals surface area contributed by atoms with Crippen molar-refractivity contribution in [1.29, 1.82) is 0 Å². The number of benzene rings is 1. The van der Waals surface area contributed by atoms with Gasteiger partial charge in [-0.25, -0.2) is 4.98 Å². The Morgan fingerprint density at radius 1 is 1.19 bits per heavy atom. The van der Waals surface area contributed by atoms with Gasteiger partial charge in [0.1, 0.15) is 11.4 Å². The highest BCUT2D eigenvalue weighted by Gasteiger charge is 2.32. The molecule has 168 valence electrons. The molecule has 0 saturated heterocycles. The number of para-hydroxylation sites is 1. The van der Waals surface area contributed by atoms with Crippen LogP contribution in [0.3, 0.4) is 0 Å². The van der Waals surface area contributed by atoms with Gasteiger partial charge in [-0.1, -0.05) is 18.2 Å². The molecule has 12 heteroatoms. The van der Waals surface area contributed by atoms with E-state index in [0.717, 1.165) is 25.7 Å². The smallest absolute Gasteiger partial charge is 0.405 e. The van der Waals surface area contributed by atoms with Gasteiger partial charge >= 0.3 is 12.0 Å². The van der Waals surface area contributed by atoms with Crippen LogP contribution in [0, 0.1) is 16.0 Å². The minimum absolute atomic E-state index is 0.00702. The number of alkyl halides is 3. The molecule has 2 aromatic rings. The minimum Gasteiger partial charge on any atom is -0.405 e. The molecule has 1 saturated carbocycles. The number of ether oxygens (including phenoxy) is 1. The summed E-state index contributed by atoms with van der Waals surface area (Å²) in [7, 11) is 0. The van der Waals surface area contributed by atoms with Gasteiger partial charge in [0, 0.05) is 18.2 Å². The number of nitrogens with two attached hydrogens (primary N) is 2. The maximum Gasteiger partial charge on any atom is 0.573 e. The molecule has 0 aliphatic heterocycles. The summed E-state index contributed by atoms with van der Waals surface area (Å²) >= 11 is 0. The lowest BCUT2D eigenvalue weighted by molar-refractivity contribution is -0.385. The van der Waals surface area contributed by atoms with Crippen molar-refractivity contribution in [3.05, 3.63) is 45.6 Å². The molecular formula is C19H23F3N6O3. The third kappa shape index (κ3) is 6.17. The van der Waals surface area contributed by atoms with Crippen LogP contribution in [0.5, 0.6) is 5.75 Å². The summed E-state index contributed by atoms with van der Waals surface area (Å²) in [6, 6.07) is 5.76. The molecule has 1 aliphatic carbocycles. The van der Waals surface area contributed by atoms with E-state index in [1.807, 2.05) is 0 Å². The molecule has 1 fully saturated rings. The fourth-order valence-electron chi connectivity index (χ4n) is 3.66. The maximum absolute atomic E-state index is 12.6. The molecule has 31 heavy (non-hydrogen) atoms. The number of nitrogens with zero attached hydrogens (tertiary/aromatic N) is 3. The van der Waals surface area contributed by atoms with E-state index in [1.165, 1.54) is 18.2 Å². The Morgan fingerprint density at radius 2 is 1.87 bits per heavy atom. The van der Waals surface area contributed by atoms with E-state index in [-0.39, 0.29) is 53.0 Å². The molecule has 9 nitrogen and oxygen atoms in total. The van der Waals surface area contributed by atoms with Gasteiger partial charge in [-0.3, -0.25) is 10.1 Å². The van der Waals surface area contributed by atoms with Crippen LogP contribution < -0.4 is 21.5 Å². The zero-order chi connectivity index (χ0) is 22.6. The first-order chi connectivity index (χ1) is 14.6. The predicted molar refractivity (Wildman–Crippen MR) is 107 cm³/mol. The molecule has 0 unspecified atom stereocenters. The summed E-state index contributed by atoms with van der Waals surface area (Å²) in [5, 5.41) is 14.3. The van der Waals surface area contributed by atoms with Crippen molar-refractivity contribution >= 4 is 17.5 Å². The molecule has 0 radical (unpaired) electrons. The van der Waals surface area contributed by atoms with Gasteiger partial charge < -0.3 is 21.5 Å². The van der Waals surface area contributed by atoms with Crippen LogP contribution in [0.4, 0.5) is 30.6 Å². The molecule has 5 N–H and O–H groups in total. The van der Waals surface area contributed by atoms with Crippen LogP contribution in [0.15, 0.2) is 24.3 Å². The van der Waals surface area contributed by atoms with E-state index < -0.39 is 11.3 Å². The summed E-state index contributed by atoms with van der Waals surface area (Å²) in [4.78, 5) is 19.0. The second kappa shape index (κ2) is 9.33. The average molecular weight is 440 g/mol. The lowest BCUT2D eigenvalue weighted by atomic mass is 9.83. The van der Waals surface area contributed by atoms with Crippen molar-refractivity contribution in [2.24, 2.45) is 11.7 Å². The third-order valence-corrected chi connectivity index (χ3v) is 5.17. The quantitative estimate of drug-likeness (QED) is 0.438. The Labute approximate surface area is 176 Å². The van der Waals surface area contributed by atoms with Crippen molar-refractivity contribution < 1.29 is 22.8 Å². The molecule has 1 aromatic carbocycles. The normalized spacial score (nSPS) is 19.1. The SMILES string of the molecule is Nc1nc(NCc2ccccc2OC(F)(F)F)nc(C[C@H]2CC[C@H](N)CC2)c1[N+](=O)[O-]. The summed E-state index contributed by atoms with van der Waals surface area (Å²) in [6.45, 7) is -0.0960. The number of hydrogen-bond donors (Lipinski definition) is 3. The summed E-state index contributed by atoms with van der Waals surface area (Å²) < 4.78 is 41.8. The van der Waals surface area contributed by atoms with E-state index in [1.54, 1.807) is 6.07 Å². The van der Waals surface area contributed by atoms with Gasteiger partial charge in [0.25, 0.3) is 0 Å². The molecule has 0 amide bonds. The first kappa shape index (κ1) is 22.5. The van der Waals surface area contributed by atoms with Gasteiger partial charge in [0.15, 0.2) is 0 Å². The second-order valence-electron chi connectivity index (χ2n) is 7.48. The standard InChI is InChI=1S/C19H23F3N6O3/c20-19(21,22)31-15-4-2-1-3-12(15)10-25-18-26-14(16(28(29)30)17(24)27-18)9-11-5-7-13(23)8-6-11/h1-4,11,13H,5-10,23H2,(H3,24,25,26,27)/t11-,13-. The van der Waals surface area contributed by atoms with Crippen LogP contribution >= 0.6 is 0 Å². The molecule has 0 atom stereocenters. The third-order valence-electron chi connectivity index (χ3n) is 5.17. The van der Waals surface area contributed by atoms with Gasteiger partial charge in [0.05, 0.1) is 4.92 Å². The van der Waals surface area contributed by atoms with Crippen molar-refractivity contribution in [2.75, 3.05) is 11.1 Å². The number of anilines is 2. The Bertz CT molecular complexity index is 933. The lowest BCUT2D eigenvalue weighted by Gasteiger charge is -2.25. The van der Waals surface area contributed by atoms with Gasteiger partial charge in [-0.2, -0.15) is 4.98 Å². The Kier molecular flexibility index (Phi) is 6.78. The highest BCUT2D eigenvalue weighted by atomic mass is 19.4. The van der Waals surface area contributed by atoms with Crippen molar-refractivity contribution in [3.8, 4) is 5.75 Å². The first-order valence-electron chi connectivity index (χ1n) is 9.76. The number of hydrogen-bond acceptors (Lipinski definition) is 8. The number of nitrogens with one attached hydrogen (secondary N) is 1. The highest BCUT2D eigenvalue weighted by Crippen LogP contribution is 2.32. The molecular weight excluding hydrogens is 417 g/mol. The topological polar surface area (TPSA) is 142 Å². The Morgan fingerprint density at radius 3 is 2.52 bits per heavy atom. The van der Waals surface area contributed by atoms with E-state index in [9.17, 15) is 23.3 Å². The van der Waals surface area contributed by atoms with E-state index >= 15 is 0 Å². The fourth-order valence-corrected chi connectivity index (χ4v) is 3.66. The molecule has 0 bridgehead atoms. The van der Waals surface area contributed by atoms with Gasteiger partial charge in [-0.15, -0.1) is 13.2 Å². The first-order valence-corrected chi connectivity index (χ1v) is 9.76. The van der Waals surface area contributed by atoms with Crippen LogP contribution in [0.25, 0.3) is 0 Å². The predicted octanol–water partition coefficient (Wildman–Crippen LogP) is 3.54. The number of nitro groups is 1. The van der Waals surface area contributed by atoms with E-state index in [4.69, 9.17) is 11.5 Å². The lowest BCUT2D eigenvalue weighted by Crippen LogP contribution is -2.27. The zero-order valence-electron chi connectivity index (χ0n) is 16.6. The van der Waals surface area contributed by atoms with Gasteiger partial charge in [-0.05, 0) is 44.1 Å². The van der Waals surface area contributed by atoms with Crippen molar-refractivity contribution in [3.63, 3.8) is 0 Å². The maximum atomic E-state index is 12.6. The number of aromatic nitrogens is 2. The minimum atomic E-state index is -4.83. The molecule has 1 aliphatic rings. The zero-order valence-corrected chi connectivity index (χ0v) is 16.6. The van der Waals surface area contributed by atoms with Crippen LogP contribution in [0.1, 0.15) is 36.9 Å². The summed E-state index contributed by atoms with van der Waals surface area (Å²) in [6.07, 6.45) is -1.17. The molecule has 3 rings (SSSR count). The van der Waals surface area contributed by atoms with E-state index in [0.29, 0.717) is 6.42 Å². The second-order valence-corrected chi connectivity index (χ2v) is 7.48. The monoisotopic (exact) mass is 440 g/mol. The largest absolute Gasteiger partial charge is 0.573 e. The molecule has 0 spiro atoms. The number of rotatable bonds is 7. The molecule has 1 aromatic heterocycles. The van der Waals surface area contributed by atoms with Crippen LogP contribution in [-0.2, 0) is 13.0 Å². The fraction of sp³-hybridized carbons (Fsp3) is 0.474. The Hall–Kier alpha value is -3.15. The Balaban J connectivity index is 1.79. The highest BCUT2D eigenvalue weighted by molar-refractivity contribution is 5.58. The average Bonchev–Trinajstić information content (AvgIpc) is 2.67.